The molecule has 1 aliphatic heterocycles. The first-order valence-corrected chi connectivity index (χ1v) is 10.3. The van der Waals surface area contributed by atoms with Crippen molar-refractivity contribution in [3.05, 3.63) is 35.4 Å². The molecule has 0 aromatic heterocycles. The van der Waals surface area contributed by atoms with Gasteiger partial charge in [0.2, 0.25) is 5.91 Å². The molecule has 1 atom stereocenters. The van der Waals surface area contributed by atoms with Crippen LogP contribution in [0.5, 0.6) is 0 Å². The smallest absolute Gasteiger partial charge is 0.337 e. The fourth-order valence-electron chi connectivity index (χ4n) is 3.98. The highest BCUT2D eigenvalue weighted by Crippen LogP contribution is 2.31. The topological polar surface area (TPSA) is 49.9 Å². The van der Waals surface area contributed by atoms with E-state index in [-0.39, 0.29) is 11.9 Å². The van der Waals surface area contributed by atoms with Crippen LogP contribution in [0.3, 0.4) is 0 Å². The van der Waals surface area contributed by atoms with Crippen LogP contribution in [-0.2, 0) is 16.1 Å². The minimum Gasteiger partial charge on any atom is -0.465 e. The summed E-state index contributed by atoms with van der Waals surface area (Å²) in [6.07, 6.45) is 6.59. The van der Waals surface area contributed by atoms with Gasteiger partial charge in [-0.3, -0.25) is 4.79 Å². The number of likely N-dealkylation sites (tertiary alicyclic amines) is 1. The molecule has 1 unspecified atom stereocenters. The van der Waals surface area contributed by atoms with Crippen LogP contribution < -0.4 is 0 Å². The van der Waals surface area contributed by atoms with Crippen molar-refractivity contribution in [2.45, 2.75) is 58.0 Å². The van der Waals surface area contributed by atoms with E-state index in [1.807, 2.05) is 17.0 Å². The molecule has 0 bridgehead atoms. The third-order valence-electron chi connectivity index (χ3n) is 5.74. The third kappa shape index (κ3) is 5.55. The lowest BCUT2D eigenvalue weighted by Crippen LogP contribution is -2.38. The Bertz CT molecular complexity index is 639. The number of nitrogens with zero attached hydrogens (tertiary/aromatic N) is 2. The lowest BCUT2D eigenvalue weighted by molar-refractivity contribution is -0.131. The molecule has 1 saturated heterocycles. The predicted molar refractivity (Wildman–Crippen MR) is 105 cm³/mol. The van der Waals surface area contributed by atoms with Crippen molar-refractivity contribution >= 4 is 11.9 Å². The Labute approximate surface area is 162 Å². The van der Waals surface area contributed by atoms with Gasteiger partial charge in [0, 0.05) is 32.1 Å². The van der Waals surface area contributed by atoms with Gasteiger partial charge in [-0.1, -0.05) is 19.1 Å². The summed E-state index contributed by atoms with van der Waals surface area (Å²) in [5.74, 6) is 0.805. The Morgan fingerprint density at radius 2 is 1.93 bits per heavy atom. The van der Waals surface area contributed by atoms with Gasteiger partial charge in [-0.2, -0.15) is 0 Å². The van der Waals surface area contributed by atoms with E-state index < -0.39 is 0 Å². The van der Waals surface area contributed by atoms with Gasteiger partial charge >= 0.3 is 5.97 Å². The molecule has 1 heterocycles. The molecule has 27 heavy (non-hydrogen) atoms. The summed E-state index contributed by atoms with van der Waals surface area (Å²) >= 11 is 0. The second-order valence-corrected chi connectivity index (χ2v) is 7.92. The molecular formula is C22H32N2O3. The number of carbonyl (C=O) groups excluding carboxylic acids is 2. The third-order valence-corrected chi connectivity index (χ3v) is 5.74. The molecule has 2 fully saturated rings. The number of hydrogen-bond donors (Lipinski definition) is 0. The van der Waals surface area contributed by atoms with Crippen molar-refractivity contribution in [1.29, 1.82) is 0 Å². The zero-order valence-electron chi connectivity index (χ0n) is 16.7. The van der Waals surface area contributed by atoms with Gasteiger partial charge in [-0.25, -0.2) is 4.79 Å². The Morgan fingerprint density at radius 3 is 2.56 bits per heavy atom. The average Bonchev–Trinajstić information content (AvgIpc) is 3.51. The van der Waals surface area contributed by atoms with Crippen LogP contribution in [0.25, 0.3) is 0 Å². The van der Waals surface area contributed by atoms with Gasteiger partial charge in [0.15, 0.2) is 0 Å². The van der Waals surface area contributed by atoms with E-state index in [0.29, 0.717) is 24.6 Å². The number of carbonyl (C=O) groups is 2. The predicted octanol–water partition coefficient (Wildman–Crippen LogP) is 3.48. The van der Waals surface area contributed by atoms with Gasteiger partial charge in [0.05, 0.1) is 12.7 Å². The van der Waals surface area contributed by atoms with Gasteiger partial charge < -0.3 is 14.5 Å². The first-order valence-electron chi connectivity index (χ1n) is 10.3. The fraction of sp³-hybridized carbons (Fsp3) is 0.636. The normalized spacial score (nSPS) is 20.6. The number of benzene rings is 1. The van der Waals surface area contributed by atoms with Gasteiger partial charge in [-0.15, -0.1) is 0 Å². The molecule has 1 aromatic carbocycles. The SMILES string of the molecule is CCCN(CC1CC1)C1CCC(=O)N(Cc2ccc(C(=O)OC)cc2)CC1. The molecule has 0 spiro atoms. The van der Waals surface area contributed by atoms with Crippen LogP contribution in [0, 0.1) is 5.92 Å². The lowest BCUT2D eigenvalue weighted by Gasteiger charge is -2.31. The van der Waals surface area contributed by atoms with Crippen molar-refractivity contribution in [3.8, 4) is 0 Å². The fourth-order valence-corrected chi connectivity index (χ4v) is 3.98. The van der Waals surface area contributed by atoms with Crippen molar-refractivity contribution in [2.75, 3.05) is 26.7 Å². The molecule has 0 radical (unpaired) electrons. The molecule has 2 aliphatic rings. The van der Waals surface area contributed by atoms with Gasteiger partial charge in [0.25, 0.3) is 0 Å². The number of rotatable bonds is 8. The standard InChI is InChI=1S/C22H32N2O3/c1-3-13-23(15-17-4-5-17)20-10-11-21(25)24(14-12-20)16-18-6-8-19(9-7-18)22(26)27-2/h6-9,17,20H,3-5,10-16H2,1-2H3. The molecule has 1 saturated carbocycles. The number of ether oxygens (including phenoxy) is 1. The number of esters is 1. The van der Waals surface area contributed by atoms with E-state index in [4.69, 9.17) is 4.74 Å². The molecule has 0 N–H and O–H groups in total. The van der Waals surface area contributed by atoms with E-state index in [1.165, 1.54) is 32.9 Å². The number of amides is 1. The summed E-state index contributed by atoms with van der Waals surface area (Å²) < 4.78 is 4.74. The molecule has 148 valence electrons. The first kappa shape index (κ1) is 19.9. The second-order valence-electron chi connectivity index (χ2n) is 7.92. The van der Waals surface area contributed by atoms with E-state index in [2.05, 4.69) is 11.8 Å². The maximum atomic E-state index is 12.6. The maximum absolute atomic E-state index is 12.6. The van der Waals surface area contributed by atoms with E-state index in [9.17, 15) is 9.59 Å². The van der Waals surface area contributed by atoms with Gasteiger partial charge in [-0.05, 0) is 62.3 Å². The van der Waals surface area contributed by atoms with Crippen LogP contribution in [0.1, 0.15) is 61.4 Å². The molecular weight excluding hydrogens is 340 g/mol. The summed E-state index contributed by atoms with van der Waals surface area (Å²) in [7, 11) is 1.38. The maximum Gasteiger partial charge on any atom is 0.337 e. The molecule has 5 nitrogen and oxygen atoms in total. The summed E-state index contributed by atoms with van der Waals surface area (Å²) in [6.45, 7) is 6.02. The highest BCUT2D eigenvalue weighted by atomic mass is 16.5. The highest BCUT2D eigenvalue weighted by molar-refractivity contribution is 5.89. The van der Waals surface area contributed by atoms with Crippen LogP contribution >= 0.6 is 0 Å². The summed E-state index contributed by atoms with van der Waals surface area (Å²) in [6, 6.07) is 7.90. The van der Waals surface area contributed by atoms with Crippen LogP contribution in [-0.4, -0.2) is 54.5 Å². The minimum absolute atomic E-state index is 0.248. The Balaban J connectivity index is 1.58. The average molecular weight is 373 g/mol. The van der Waals surface area contributed by atoms with E-state index >= 15 is 0 Å². The van der Waals surface area contributed by atoms with Crippen molar-refractivity contribution in [2.24, 2.45) is 5.92 Å². The van der Waals surface area contributed by atoms with Gasteiger partial charge in [0.1, 0.15) is 0 Å². The van der Waals surface area contributed by atoms with Crippen molar-refractivity contribution < 1.29 is 14.3 Å². The summed E-state index contributed by atoms with van der Waals surface area (Å²) in [5, 5.41) is 0. The molecule has 5 heteroatoms. The monoisotopic (exact) mass is 372 g/mol. The first-order chi connectivity index (χ1) is 13.1. The minimum atomic E-state index is -0.332. The zero-order chi connectivity index (χ0) is 19.2. The lowest BCUT2D eigenvalue weighted by atomic mass is 10.1. The quantitative estimate of drug-likeness (QED) is 0.656. The summed E-state index contributed by atoms with van der Waals surface area (Å²) in [4.78, 5) is 28.8. The van der Waals surface area contributed by atoms with Crippen LogP contribution in [0.15, 0.2) is 24.3 Å². The number of hydrogen-bond acceptors (Lipinski definition) is 4. The Morgan fingerprint density at radius 1 is 1.19 bits per heavy atom. The van der Waals surface area contributed by atoms with E-state index in [0.717, 1.165) is 37.4 Å². The summed E-state index contributed by atoms with van der Waals surface area (Å²) in [5.41, 5.74) is 1.59. The number of methoxy groups -OCH3 is 1. The van der Waals surface area contributed by atoms with Crippen molar-refractivity contribution in [3.63, 3.8) is 0 Å². The van der Waals surface area contributed by atoms with Crippen LogP contribution in [0.2, 0.25) is 0 Å². The molecule has 3 rings (SSSR count). The Kier molecular flexibility index (Phi) is 6.89. The van der Waals surface area contributed by atoms with Crippen molar-refractivity contribution in [1.82, 2.24) is 9.80 Å². The molecule has 1 aromatic rings. The molecule has 1 aliphatic carbocycles. The van der Waals surface area contributed by atoms with E-state index in [1.54, 1.807) is 12.1 Å². The zero-order valence-corrected chi connectivity index (χ0v) is 16.7. The molecule has 1 amide bonds. The highest BCUT2D eigenvalue weighted by Gasteiger charge is 2.30. The van der Waals surface area contributed by atoms with Crippen LogP contribution in [0.4, 0.5) is 0 Å². The largest absolute Gasteiger partial charge is 0.465 e. The second kappa shape index (κ2) is 9.36. The Hall–Kier alpha value is -1.88.